The predicted octanol–water partition coefficient (Wildman–Crippen LogP) is 4.13. The van der Waals surface area contributed by atoms with Crippen LogP contribution in [-0.4, -0.2) is 22.4 Å². The van der Waals surface area contributed by atoms with Gasteiger partial charge in [0.25, 0.3) is 5.91 Å². The number of carbonyl (C=O) groups is 1. The first-order valence-electron chi connectivity index (χ1n) is 8.61. The van der Waals surface area contributed by atoms with Crippen molar-refractivity contribution in [3.63, 3.8) is 0 Å². The van der Waals surface area contributed by atoms with Gasteiger partial charge >= 0.3 is 0 Å². The fourth-order valence-electron chi connectivity index (χ4n) is 2.96. The summed E-state index contributed by atoms with van der Waals surface area (Å²) in [5, 5.41) is 11.9. The molecule has 2 aromatic carbocycles. The Balaban J connectivity index is 1.69. The molecular formula is C22H16N4O2. The van der Waals surface area contributed by atoms with Crippen LogP contribution in [0, 0.1) is 11.3 Å². The number of hydrogen-bond donors (Lipinski definition) is 1. The Labute approximate surface area is 161 Å². The van der Waals surface area contributed by atoms with Gasteiger partial charge in [0.2, 0.25) is 0 Å². The number of anilines is 1. The lowest BCUT2D eigenvalue weighted by molar-refractivity contribution is 0.102. The number of nitrogens with zero attached hydrogens (tertiary/aromatic N) is 3. The second-order valence-corrected chi connectivity index (χ2v) is 6.15. The summed E-state index contributed by atoms with van der Waals surface area (Å²) in [6.45, 7) is 0. The number of aromatic nitrogens is 2. The number of pyridine rings is 1. The lowest BCUT2D eigenvalue weighted by Crippen LogP contribution is -2.13. The summed E-state index contributed by atoms with van der Waals surface area (Å²) in [5.41, 5.74) is 3.84. The van der Waals surface area contributed by atoms with E-state index in [0.29, 0.717) is 22.6 Å². The Bertz CT molecular complexity index is 1190. The van der Waals surface area contributed by atoms with Crippen molar-refractivity contribution in [3.8, 4) is 23.1 Å². The molecule has 0 radical (unpaired) electrons. The second kappa shape index (κ2) is 7.25. The quantitative estimate of drug-likeness (QED) is 0.587. The van der Waals surface area contributed by atoms with Crippen LogP contribution in [-0.2, 0) is 0 Å². The Morgan fingerprint density at radius 3 is 2.82 bits per heavy atom. The van der Waals surface area contributed by atoms with E-state index in [-0.39, 0.29) is 5.91 Å². The molecule has 0 unspecified atom stereocenters. The number of rotatable bonds is 4. The van der Waals surface area contributed by atoms with Gasteiger partial charge in [-0.05, 0) is 48.5 Å². The van der Waals surface area contributed by atoms with Gasteiger partial charge in [0.15, 0.2) is 0 Å². The van der Waals surface area contributed by atoms with Gasteiger partial charge in [0, 0.05) is 23.5 Å². The van der Waals surface area contributed by atoms with Gasteiger partial charge in [-0.2, -0.15) is 5.26 Å². The zero-order valence-electron chi connectivity index (χ0n) is 15.1. The average Bonchev–Trinajstić information content (AvgIpc) is 3.18. The van der Waals surface area contributed by atoms with Crippen LogP contribution in [0.3, 0.4) is 0 Å². The van der Waals surface area contributed by atoms with Gasteiger partial charge in [-0.15, -0.1) is 0 Å². The van der Waals surface area contributed by atoms with Crippen LogP contribution in [0.25, 0.3) is 16.9 Å². The number of methoxy groups -OCH3 is 1. The van der Waals surface area contributed by atoms with Crippen LogP contribution in [0.15, 0.2) is 73.1 Å². The highest BCUT2D eigenvalue weighted by molar-refractivity contribution is 6.05. The third kappa shape index (κ3) is 3.29. The largest absolute Gasteiger partial charge is 0.495 e. The van der Waals surface area contributed by atoms with Gasteiger partial charge in [-0.3, -0.25) is 4.79 Å². The molecule has 0 atom stereocenters. The summed E-state index contributed by atoms with van der Waals surface area (Å²) < 4.78 is 7.32. The minimum Gasteiger partial charge on any atom is -0.495 e. The van der Waals surface area contributed by atoms with E-state index in [0.717, 1.165) is 16.9 Å². The standard InChI is InChI=1S/C22H16N4O2/c1-28-20-9-8-16(19-14-26-10-3-2-7-21(26)24-19)12-18(20)25-22(27)17-6-4-5-15(11-17)13-23/h2-12,14H,1H3,(H,25,27). The average molecular weight is 368 g/mol. The molecule has 0 saturated carbocycles. The Morgan fingerprint density at radius 1 is 1.14 bits per heavy atom. The molecule has 6 nitrogen and oxygen atoms in total. The van der Waals surface area contributed by atoms with E-state index in [2.05, 4.69) is 10.3 Å². The molecule has 2 heterocycles. The summed E-state index contributed by atoms with van der Waals surface area (Å²) >= 11 is 0. The molecule has 28 heavy (non-hydrogen) atoms. The Kier molecular flexibility index (Phi) is 4.48. The fourth-order valence-corrected chi connectivity index (χ4v) is 2.96. The molecule has 1 N–H and O–H groups in total. The van der Waals surface area contributed by atoms with E-state index in [1.807, 2.05) is 53.2 Å². The van der Waals surface area contributed by atoms with Crippen LogP contribution in [0.5, 0.6) is 5.75 Å². The molecule has 0 aliphatic rings. The first-order chi connectivity index (χ1) is 13.7. The number of nitrogens with one attached hydrogen (secondary N) is 1. The number of benzene rings is 2. The summed E-state index contributed by atoms with van der Waals surface area (Å²) in [5.74, 6) is 0.222. The predicted molar refractivity (Wildman–Crippen MR) is 106 cm³/mol. The summed E-state index contributed by atoms with van der Waals surface area (Å²) in [4.78, 5) is 17.3. The SMILES string of the molecule is COc1ccc(-c2cn3ccccc3n2)cc1NC(=O)c1cccc(C#N)c1. The lowest BCUT2D eigenvalue weighted by Gasteiger charge is -2.12. The third-order valence-electron chi connectivity index (χ3n) is 4.36. The van der Waals surface area contributed by atoms with Crippen molar-refractivity contribution >= 4 is 17.2 Å². The highest BCUT2D eigenvalue weighted by Gasteiger charge is 2.13. The van der Waals surface area contributed by atoms with Gasteiger partial charge in [0.05, 0.1) is 30.1 Å². The summed E-state index contributed by atoms with van der Waals surface area (Å²) in [6.07, 6.45) is 3.86. The number of carbonyl (C=O) groups excluding carboxylic acids is 1. The van der Waals surface area contributed by atoms with Gasteiger partial charge in [-0.25, -0.2) is 4.98 Å². The van der Waals surface area contributed by atoms with E-state index in [1.165, 1.54) is 0 Å². The number of fused-ring (bicyclic) bond motifs is 1. The molecule has 6 heteroatoms. The molecule has 0 aliphatic carbocycles. The highest BCUT2D eigenvalue weighted by atomic mass is 16.5. The fraction of sp³-hybridized carbons (Fsp3) is 0.0455. The van der Waals surface area contributed by atoms with Crippen molar-refractivity contribution in [1.29, 1.82) is 5.26 Å². The second-order valence-electron chi connectivity index (χ2n) is 6.15. The van der Waals surface area contributed by atoms with Gasteiger partial charge in [0.1, 0.15) is 11.4 Å². The maximum absolute atomic E-state index is 12.6. The molecule has 1 amide bonds. The van der Waals surface area contributed by atoms with Crippen LogP contribution in [0.2, 0.25) is 0 Å². The first-order valence-corrected chi connectivity index (χ1v) is 8.61. The van der Waals surface area contributed by atoms with Crippen LogP contribution < -0.4 is 10.1 Å². The third-order valence-corrected chi connectivity index (χ3v) is 4.36. The zero-order chi connectivity index (χ0) is 19.5. The van der Waals surface area contributed by atoms with E-state index >= 15 is 0 Å². The van der Waals surface area contributed by atoms with Crippen LogP contribution >= 0.6 is 0 Å². The van der Waals surface area contributed by atoms with Crippen LogP contribution in [0.1, 0.15) is 15.9 Å². The van der Waals surface area contributed by atoms with Crippen molar-refractivity contribution in [2.45, 2.75) is 0 Å². The van der Waals surface area contributed by atoms with Crippen LogP contribution in [0.4, 0.5) is 5.69 Å². The molecule has 0 spiro atoms. The molecule has 0 saturated heterocycles. The lowest BCUT2D eigenvalue weighted by atomic mass is 10.1. The van der Waals surface area contributed by atoms with E-state index in [9.17, 15) is 4.79 Å². The molecule has 2 aromatic heterocycles. The topological polar surface area (TPSA) is 79.4 Å². The molecular weight excluding hydrogens is 352 g/mol. The summed E-state index contributed by atoms with van der Waals surface area (Å²) in [6, 6.07) is 19.9. The smallest absolute Gasteiger partial charge is 0.255 e. The molecule has 4 rings (SSSR count). The highest BCUT2D eigenvalue weighted by Crippen LogP contribution is 2.31. The van der Waals surface area contributed by atoms with Gasteiger partial charge in [-0.1, -0.05) is 12.1 Å². The van der Waals surface area contributed by atoms with E-state index < -0.39 is 0 Å². The number of hydrogen-bond acceptors (Lipinski definition) is 4. The zero-order valence-corrected chi connectivity index (χ0v) is 15.1. The van der Waals surface area contributed by atoms with E-state index in [1.54, 1.807) is 37.4 Å². The Morgan fingerprint density at radius 2 is 2.04 bits per heavy atom. The number of imidazole rings is 1. The van der Waals surface area contributed by atoms with Crippen molar-refractivity contribution in [2.75, 3.05) is 12.4 Å². The van der Waals surface area contributed by atoms with Crippen molar-refractivity contribution in [3.05, 3.63) is 84.2 Å². The molecule has 0 aliphatic heterocycles. The number of nitriles is 1. The number of ether oxygens (including phenoxy) is 1. The molecule has 0 bridgehead atoms. The Hall–Kier alpha value is -4.11. The molecule has 0 fully saturated rings. The van der Waals surface area contributed by atoms with Gasteiger partial charge < -0.3 is 14.5 Å². The normalized spacial score (nSPS) is 10.4. The maximum atomic E-state index is 12.6. The maximum Gasteiger partial charge on any atom is 0.255 e. The minimum absolute atomic E-state index is 0.317. The number of amides is 1. The van der Waals surface area contributed by atoms with E-state index in [4.69, 9.17) is 10.00 Å². The first kappa shape index (κ1) is 17.3. The summed E-state index contributed by atoms with van der Waals surface area (Å²) in [7, 11) is 1.55. The minimum atomic E-state index is -0.317. The molecule has 4 aromatic rings. The van der Waals surface area contributed by atoms with Crippen molar-refractivity contribution < 1.29 is 9.53 Å². The van der Waals surface area contributed by atoms with Crippen molar-refractivity contribution in [1.82, 2.24) is 9.38 Å². The monoisotopic (exact) mass is 368 g/mol. The van der Waals surface area contributed by atoms with Crippen molar-refractivity contribution in [2.24, 2.45) is 0 Å². The molecule has 136 valence electrons.